The second-order valence-electron chi connectivity index (χ2n) is 6.24. The van der Waals surface area contributed by atoms with Gasteiger partial charge in [0.1, 0.15) is 0 Å². The quantitative estimate of drug-likeness (QED) is 0.595. The van der Waals surface area contributed by atoms with Crippen LogP contribution in [0.25, 0.3) is 0 Å². The first kappa shape index (κ1) is 20.8. The normalized spacial score (nSPS) is 11.1. The third-order valence-corrected chi connectivity index (χ3v) is 5.94. The van der Waals surface area contributed by atoms with Crippen LogP contribution in [0, 0.1) is 6.92 Å². The van der Waals surface area contributed by atoms with Gasteiger partial charge in [-0.1, -0.05) is 12.1 Å². The van der Waals surface area contributed by atoms with E-state index in [9.17, 15) is 13.2 Å². The number of thioether (sulfide) groups is 1. The fourth-order valence-corrected chi connectivity index (χ4v) is 3.99. The predicted molar refractivity (Wildman–Crippen MR) is 116 cm³/mol. The van der Waals surface area contributed by atoms with Gasteiger partial charge in [0.15, 0.2) is 0 Å². The fraction of sp³-hybridized carbons (Fsp3) is 0.150. The predicted octanol–water partition coefficient (Wildman–Crippen LogP) is 3.70. The summed E-state index contributed by atoms with van der Waals surface area (Å²) >= 11 is 1.71. The van der Waals surface area contributed by atoms with Crippen molar-refractivity contribution in [1.29, 1.82) is 0 Å². The average molecular weight is 429 g/mol. The zero-order valence-electron chi connectivity index (χ0n) is 15.9. The molecule has 9 heteroatoms. The van der Waals surface area contributed by atoms with Gasteiger partial charge in [-0.05, 0) is 61.2 Å². The lowest BCUT2D eigenvalue weighted by atomic mass is 10.1. The molecule has 0 radical (unpaired) electrons. The molecule has 0 saturated carbocycles. The number of sulfonamides is 1. The molecule has 0 bridgehead atoms. The number of anilines is 2. The van der Waals surface area contributed by atoms with Crippen LogP contribution in [-0.4, -0.2) is 30.5 Å². The highest BCUT2D eigenvalue weighted by Gasteiger charge is 2.16. The molecule has 0 atom stereocenters. The molecule has 3 rings (SSSR count). The molecule has 0 aliphatic heterocycles. The highest BCUT2D eigenvalue weighted by molar-refractivity contribution is 7.97. The maximum Gasteiger partial charge on any atom is 0.264 e. The molecular weight excluding hydrogens is 408 g/mol. The molecule has 7 nitrogen and oxygen atoms in total. The Hall–Kier alpha value is -2.91. The molecular formula is C20H20N4O3S2. The number of aromatic nitrogens is 2. The van der Waals surface area contributed by atoms with Crippen LogP contribution in [0.1, 0.15) is 21.6 Å². The largest absolute Gasteiger partial charge is 0.322 e. The maximum absolute atomic E-state index is 12.5. The molecule has 0 spiro atoms. The number of benzene rings is 2. The van der Waals surface area contributed by atoms with Crippen molar-refractivity contribution in [3.63, 3.8) is 0 Å². The van der Waals surface area contributed by atoms with Gasteiger partial charge in [0.25, 0.3) is 15.9 Å². The summed E-state index contributed by atoms with van der Waals surface area (Å²) in [5.41, 5.74) is 2.82. The molecule has 0 unspecified atom stereocenters. The lowest BCUT2D eigenvalue weighted by molar-refractivity contribution is 0.102. The van der Waals surface area contributed by atoms with Crippen molar-refractivity contribution in [3.8, 4) is 0 Å². The van der Waals surface area contributed by atoms with Crippen molar-refractivity contribution >= 4 is 39.3 Å². The summed E-state index contributed by atoms with van der Waals surface area (Å²) < 4.78 is 27.3. The Kier molecular flexibility index (Phi) is 6.50. The monoisotopic (exact) mass is 428 g/mol. The van der Waals surface area contributed by atoms with Gasteiger partial charge in [0.2, 0.25) is 5.95 Å². The lowest BCUT2D eigenvalue weighted by Crippen LogP contribution is -2.16. The van der Waals surface area contributed by atoms with Gasteiger partial charge < -0.3 is 5.32 Å². The van der Waals surface area contributed by atoms with Crippen LogP contribution in [-0.2, 0) is 15.8 Å². The molecule has 29 heavy (non-hydrogen) atoms. The Bertz CT molecular complexity index is 1100. The first-order chi connectivity index (χ1) is 13.9. The second kappa shape index (κ2) is 9.06. The maximum atomic E-state index is 12.5. The number of carbonyl (C=O) groups is 1. The van der Waals surface area contributed by atoms with Crippen molar-refractivity contribution in [2.24, 2.45) is 0 Å². The molecule has 150 valence electrons. The van der Waals surface area contributed by atoms with E-state index in [0.717, 1.165) is 11.3 Å². The standard InChI is InChI=1S/C20H20N4O3S2/c1-14-11-12-21-20(22-14)24-29(26,27)18-9-7-17(8-10-18)23-19(25)16-5-3-15(4-6-16)13-28-2/h3-12H,13H2,1-2H3,(H,23,25)(H,21,22,24). The van der Waals surface area contributed by atoms with E-state index in [1.165, 1.54) is 30.5 Å². The molecule has 1 amide bonds. The number of nitrogens with one attached hydrogen (secondary N) is 2. The minimum atomic E-state index is -3.83. The number of aryl methyl sites for hydroxylation is 1. The number of amides is 1. The highest BCUT2D eigenvalue weighted by Crippen LogP contribution is 2.18. The molecule has 2 aromatic carbocycles. The summed E-state index contributed by atoms with van der Waals surface area (Å²) in [7, 11) is -3.83. The topological polar surface area (TPSA) is 101 Å². The number of carbonyl (C=O) groups excluding carboxylic acids is 1. The summed E-state index contributed by atoms with van der Waals surface area (Å²) in [4.78, 5) is 20.3. The van der Waals surface area contributed by atoms with E-state index in [1.54, 1.807) is 36.9 Å². The van der Waals surface area contributed by atoms with Gasteiger partial charge in [-0.2, -0.15) is 11.8 Å². The van der Waals surface area contributed by atoms with E-state index >= 15 is 0 Å². The number of hydrogen-bond donors (Lipinski definition) is 2. The van der Waals surface area contributed by atoms with Crippen molar-refractivity contribution in [1.82, 2.24) is 9.97 Å². The zero-order chi connectivity index (χ0) is 20.9. The summed E-state index contributed by atoms with van der Waals surface area (Å²) in [6, 6.07) is 14.9. The summed E-state index contributed by atoms with van der Waals surface area (Å²) in [6.45, 7) is 1.74. The van der Waals surface area contributed by atoms with Crippen molar-refractivity contribution in [3.05, 3.63) is 77.6 Å². The van der Waals surface area contributed by atoms with Crippen LogP contribution in [0.5, 0.6) is 0 Å². The molecule has 3 aromatic rings. The molecule has 0 fully saturated rings. The molecule has 0 aliphatic carbocycles. The van der Waals surface area contributed by atoms with Gasteiger partial charge in [-0.25, -0.2) is 23.1 Å². The van der Waals surface area contributed by atoms with Crippen LogP contribution in [0.4, 0.5) is 11.6 Å². The lowest BCUT2D eigenvalue weighted by Gasteiger charge is -2.09. The number of hydrogen-bond acceptors (Lipinski definition) is 6. The second-order valence-corrected chi connectivity index (χ2v) is 8.78. The summed E-state index contributed by atoms with van der Waals surface area (Å²) in [5.74, 6) is 0.634. The van der Waals surface area contributed by atoms with Crippen LogP contribution < -0.4 is 10.0 Å². The van der Waals surface area contributed by atoms with E-state index in [4.69, 9.17) is 0 Å². The number of nitrogens with zero attached hydrogens (tertiary/aromatic N) is 2. The van der Waals surface area contributed by atoms with E-state index < -0.39 is 10.0 Å². The molecule has 0 aliphatic rings. The van der Waals surface area contributed by atoms with E-state index in [0.29, 0.717) is 16.9 Å². The Labute approximate surface area is 174 Å². The third-order valence-electron chi connectivity index (χ3n) is 3.97. The first-order valence-electron chi connectivity index (χ1n) is 8.69. The van der Waals surface area contributed by atoms with Crippen LogP contribution in [0.15, 0.2) is 65.7 Å². The molecule has 2 N–H and O–H groups in total. The van der Waals surface area contributed by atoms with Gasteiger partial charge in [-0.15, -0.1) is 0 Å². The smallest absolute Gasteiger partial charge is 0.264 e. The Morgan fingerprint density at radius 1 is 1.03 bits per heavy atom. The molecule has 1 aromatic heterocycles. The Morgan fingerprint density at radius 2 is 1.72 bits per heavy atom. The van der Waals surface area contributed by atoms with Gasteiger partial charge in [-0.3, -0.25) is 4.79 Å². The van der Waals surface area contributed by atoms with E-state index in [1.807, 2.05) is 18.4 Å². The minimum Gasteiger partial charge on any atom is -0.322 e. The fourth-order valence-electron chi connectivity index (χ4n) is 2.52. The Balaban J connectivity index is 1.68. The van der Waals surface area contributed by atoms with Gasteiger partial charge in [0, 0.05) is 28.9 Å². The Morgan fingerprint density at radius 3 is 2.34 bits per heavy atom. The minimum absolute atomic E-state index is 0.00676. The van der Waals surface area contributed by atoms with Gasteiger partial charge in [0.05, 0.1) is 4.90 Å². The molecule has 1 heterocycles. The van der Waals surface area contributed by atoms with Crippen LogP contribution >= 0.6 is 11.8 Å². The van der Waals surface area contributed by atoms with Crippen molar-refractivity contribution in [2.45, 2.75) is 17.6 Å². The number of rotatable bonds is 7. The highest BCUT2D eigenvalue weighted by atomic mass is 32.2. The third kappa shape index (κ3) is 5.55. The van der Waals surface area contributed by atoms with Crippen LogP contribution in [0.2, 0.25) is 0 Å². The molecule has 0 saturated heterocycles. The van der Waals surface area contributed by atoms with Gasteiger partial charge >= 0.3 is 0 Å². The van der Waals surface area contributed by atoms with E-state index in [-0.39, 0.29) is 16.8 Å². The summed E-state index contributed by atoms with van der Waals surface area (Å²) in [5, 5.41) is 2.76. The SMILES string of the molecule is CSCc1ccc(C(=O)Nc2ccc(S(=O)(=O)Nc3nccc(C)n3)cc2)cc1. The van der Waals surface area contributed by atoms with Crippen molar-refractivity contribution < 1.29 is 13.2 Å². The summed E-state index contributed by atoms with van der Waals surface area (Å²) in [6.07, 6.45) is 3.50. The van der Waals surface area contributed by atoms with E-state index in [2.05, 4.69) is 20.0 Å². The van der Waals surface area contributed by atoms with Crippen molar-refractivity contribution in [2.75, 3.05) is 16.3 Å². The first-order valence-corrected chi connectivity index (χ1v) is 11.6. The zero-order valence-corrected chi connectivity index (χ0v) is 17.5. The van der Waals surface area contributed by atoms with Crippen LogP contribution in [0.3, 0.4) is 0 Å². The average Bonchev–Trinajstić information content (AvgIpc) is 2.69.